The van der Waals surface area contributed by atoms with Crippen molar-refractivity contribution in [2.75, 3.05) is 27.2 Å². The average Bonchev–Trinajstić information content (AvgIpc) is 3.05. The molecule has 5 aliphatic rings. The molecule has 4 aliphatic carbocycles. The number of H-pyrrole nitrogens is 1. The Morgan fingerprint density at radius 2 is 1.85 bits per heavy atom. The summed E-state index contributed by atoms with van der Waals surface area (Å²) >= 11 is 0. The number of hydrogen-bond donors (Lipinski definition) is 1. The first-order valence-corrected chi connectivity index (χ1v) is 10.5. The number of nitrogens with one attached hydrogen (secondary N) is 1. The molecule has 4 bridgehead atoms. The molecule has 0 spiro atoms. The van der Waals surface area contributed by atoms with Gasteiger partial charge >= 0.3 is 0 Å². The van der Waals surface area contributed by atoms with Crippen LogP contribution >= 0.6 is 0 Å². The lowest BCUT2D eigenvalue weighted by Gasteiger charge is -2.56. The molecule has 1 amide bonds. The number of carbonyl (C=O) groups is 1. The van der Waals surface area contributed by atoms with Gasteiger partial charge in [0, 0.05) is 31.2 Å². The third kappa shape index (κ3) is 2.84. The van der Waals surface area contributed by atoms with Crippen LogP contribution in [0.5, 0.6) is 0 Å². The maximum Gasteiger partial charge on any atom is 0.263 e. The summed E-state index contributed by atoms with van der Waals surface area (Å²) in [6.45, 7) is 1.85. The Labute approximate surface area is 160 Å². The molecule has 146 valence electrons. The molecular weight excluding hydrogens is 340 g/mol. The van der Waals surface area contributed by atoms with Crippen molar-refractivity contribution >= 4 is 5.91 Å². The molecule has 6 rings (SSSR count). The molecule has 5 fully saturated rings. The normalized spacial score (nSPS) is 37.7. The van der Waals surface area contributed by atoms with Crippen LogP contribution in [-0.2, 0) is 5.41 Å². The minimum atomic E-state index is -0.265. The van der Waals surface area contributed by atoms with E-state index in [2.05, 4.69) is 21.9 Å². The molecule has 0 aromatic carbocycles. The van der Waals surface area contributed by atoms with E-state index in [1.54, 1.807) is 18.1 Å². The number of nitrogens with zero attached hydrogens (tertiary/aromatic N) is 3. The number of aromatic amines is 1. The summed E-state index contributed by atoms with van der Waals surface area (Å²) in [5.74, 6) is 3.03. The van der Waals surface area contributed by atoms with Crippen LogP contribution < -0.4 is 5.56 Å². The van der Waals surface area contributed by atoms with Crippen LogP contribution in [0.2, 0.25) is 0 Å². The van der Waals surface area contributed by atoms with E-state index < -0.39 is 0 Å². The number of amides is 1. The summed E-state index contributed by atoms with van der Waals surface area (Å²) in [6, 6.07) is 0.171. The van der Waals surface area contributed by atoms with Gasteiger partial charge in [-0.3, -0.25) is 9.59 Å². The van der Waals surface area contributed by atoms with Crippen molar-refractivity contribution in [3.8, 4) is 0 Å². The summed E-state index contributed by atoms with van der Waals surface area (Å²) in [5.41, 5.74) is -0.0327. The molecule has 1 atom stereocenters. The van der Waals surface area contributed by atoms with Crippen LogP contribution in [-0.4, -0.2) is 58.9 Å². The maximum absolute atomic E-state index is 12.9. The zero-order valence-electron chi connectivity index (χ0n) is 16.4. The third-order valence-electron chi connectivity index (χ3n) is 7.80. The molecule has 0 radical (unpaired) electrons. The average molecular weight is 370 g/mol. The van der Waals surface area contributed by atoms with Gasteiger partial charge in [0.2, 0.25) is 0 Å². The van der Waals surface area contributed by atoms with Gasteiger partial charge in [0.1, 0.15) is 11.4 Å². The van der Waals surface area contributed by atoms with Gasteiger partial charge in [-0.25, -0.2) is 4.98 Å². The van der Waals surface area contributed by atoms with Gasteiger partial charge in [0.15, 0.2) is 0 Å². The van der Waals surface area contributed by atoms with E-state index in [4.69, 9.17) is 0 Å². The van der Waals surface area contributed by atoms with Crippen molar-refractivity contribution in [3.63, 3.8) is 0 Å². The van der Waals surface area contributed by atoms with Crippen LogP contribution in [0, 0.1) is 17.8 Å². The van der Waals surface area contributed by atoms with Crippen LogP contribution in [0.15, 0.2) is 11.0 Å². The highest BCUT2D eigenvalue weighted by Gasteiger charge is 2.53. The first-order chi connectivity index (χ1) is 12.9. The van der Waals surface area contributed by atoms with Crippen molar-refractivity contribution in [3.05, 3.63) is 27.9 Å². The number of carbonyl (C=O) groups excluding carboxylic acids is 1. The monoisotopic (exact) mass is 370 g/mol. The van der Waals surface area contributed by atoms with E-state index in [0.29, 0.717) is 0 Å². The second-order valence-corrected chi connectivity index (χ2v) is 9.79. The molecule has 2 heterocycles. The largest absolute Gasteiger partial charge is 0.337 e. The van der Waals surface area contributed by atoms with Crippen molar-refractivity contribution in [2.45, 2.75) is 56.4 Å². The Hall–Kier alpha value is -1.69. The molecule has 1 aromatic heterocycles. The lowest BCUT2D eigenvalue weighted by Crippen LogP contribution is -2.50. The number of likely N-dealkylation sites (tertiary alicyclic amines) is 1. The Kier molecular flexibility index (Phi) is 3.97. The minimum absolute atomic E-state index is 0.0511. The minimum Gasteiger partial charge on any atom is -0.337 e. The van der Waals surface area contributed by atoms with Crippen LogP contribution in [0.25, 0.3) is 0 Å². The van der Waals surface area contributed by atoms with Crippen LogP contribution in [0.3, 0.4) is 0 Å². The van der Waals surface area contributed by atoms with Gasteiger partial charge in [-0.2, -0.15) is 0 Å². The van der Waals surface area contributed by atoms with E-state index in [0.717, 1.165) is 62.4 Å². The van der Waals surface area contributed by atoms with Gasteiger partial charge in [0.25, 0.3) is 11.5 Å². The van der Waals surface area contributed by atoms with Crippen molar-refractivity contribution in [1.29, 1.82) is 0 Å². The molecule has 4 saturated carbocycles. The van der Waals surface area contributed by atoms with Crippen molar-refractivity contribution in [2.24, 2.45) is 17.8 Å². The first-order valence-electron chi connectivity index (χ1n) is 10.5. The highest BCUT2D eigenvalue weighted by molar-refractivity contribution is 5.93. The zero-order chi connectivity index (χ0) is 18.8. The van der Waals surface area contributed by atoms with E-state index in [1.165, 1.54) is 19.3 Å². The molecule has 6 nitrogen and oxygen atoms in total. The fraction of sp³-hybridized carbons (Fsp3) is 0.762. The Bertz CT molecular complexity index is 781. The summed E-state index contributed by atoms with van der Waals surface area (Å²) in [7, 11) is 3.87. The van der Waals surface area contributed by atoms with Crippen molar-refractivity contribution < 1.29 is 4.79 Å². The second kappa shape index (κ2) is 6.16. The standard InChI is InChI=1S/C21H30N4O2/c1-24-4-3-16(12-24)25(2)19(27)17-11-22-20(23-18(17)26)21-8-13-5-14(9-21)7-15(6-13)10-21/h11,13-16H,3-10,12H2,1-2H3,(H,22,23,26)/t13?,14?,15?,16-,21?/m1/s1. The maximum atomic E-state index is 12.9. The predicted molar refractivity (Wildman–Crippen MR) is 103 cm³/mol. The number of likely N-dealkylation sites (N-methyl/N-ethyl adjacent to an activating group) is 2. The van der Waals surface area contributed by atoms with Gasteiger partial charge < -0.3 is 14.8 Å². The molecule has 1 saturated heterocycles. The second-order valence-electron chi connectivity index (χ2n) is 9.79. The van der Waals surface area contributed by atoms with Gasteiger partial charge in [-0.15, -0.1) is 0 Å². The van der Waals surface area contributed by atoms with E-state index in [-0.39, 0.29) is 28.5 Å². The highest BCUT2D eigenvalue weighted by Crippen LogP contribution is 2.59. The lowest BCUT2D eigenvalue weighted by atomic mass is 9.49. The van der Waals surface area contributed by atoms with Gasteiger partial charge in [-0.05, 0) is 76.3 Å². The third-order valence-corrected chi connectivity index (χ3v) is 7.80. The smallest absolute Gasteiger partial charge is 0.263 e. The first kappa shape index (κ1) is 17.4. The Balaban J connectivity index is 1.40. The van der Waals surface area contributed by atoms with E-state index >= 15 is 0 Å². The summed E-state index contributed by atoms with van der Waals surface area (Å²) in [5, 5.41) is 0. The van der Waals surface area contributed by atoms with Crippen LogP contribution in [0.4, 0.5) is 0 Å². The molecule has 1 aromatic rings. The zero-order valence-corrected chi connectivity index (χ0v) is 16.4. The quantitative estimate of drug-likeness (QED) is 0.884. The summed E-state index contributed by atoms with van der Waals surface area (Å²) < 4.78 is 0. The lowest BCUT2D eigenvalue weighted by molar-refractivity contribution is -0.00955. The highest BCUT2D eigenvalue weighted by atomic mass is 16.2. The van der Waals surface area contributed by atoms with Gasteiger partial charge in [-0.1, -0.05) is 0 Å². The number of hydrogen-bond acceptors (Lipinski definition) is 4. The van der Waals surface area contributed by atoms with Crippen molar-refractivity contribution in [1.82, 2.24) is 19.8 Å². The van der Waals surface area contributed by atoms with E-state index in [9.17, 15) is 9.59 Å². The topological polar surface area (TPSA) is 69.3 Å². The SMILES string of the molecule is CN1CC[C@@H](N(C)C(=O)c2cnc(C34CC5CC(CC(C5)C3)C4)[nH]c2=O)C1. The number of aromatic nitrogens is 2. The fourth-order valence-electron chi connectivity index (χ4n) is 6.80. The summed E-state index contributed by atoms with van der Waals surface area (Å²) in [4.78, 5) is 37.3. The van der Waals surface area contributed by atoms with Crippen LogP contribution in [0.1, 0.15) is 61.1 Å². The molecule has 0 unspecified atom stereocenters. The molecule has 27 heavy (non-hydrogen) atoms. The Morgan fingerprint density at radius 1 is 1.22 bits per heavy atom. The predicted octanol–water partition coefficient (Wildman–Crippen LogP) is 2.01. The molecule has 1 aliphatic heterocycles. The number of rotatable bonds is 3. The molecule has 1 N–H and O–H groups in total. The van der Waals surface area contributed by atoms with E-state index in [1.807, 2.05) is 0 Å². The molecule has 6 heteroatoms. The summed E-state index contributed by atoms with van der Waals surface area (Å²) in [6.07, 6.45) is 10.1. The Morgan fingerprint density at radius 3 is 2.37 bits per heavy atom. The molecular formula is C21H30N4O2. The van der Waals surface area contributed by atoms with Gasteiger partial charge in [0.05, 0.1) is 0 Å². The fourth-order valence-corrected chi connectivity index (χ4v) is 6.80.